The number of hydrogen-bond acceptors (Lipinski definition) is 2. The van der Waals surface area contributed by atoms with Crippen LogP contribution in [0.1, 0.15) is 0 Å². The molecule has 1 aromatic carbocycles. The zero-order valence-corrected chi connectivity index (χ0v) is 7.07. The maximum atomic E-state index is 6.47. The largest absolute Gasteiger partial charge is 0.295 e. The maximum Gasteiger partial charge on any atom is 0.0579 e. The van der Waals surface area contributed by atoms with Crippen LogP contribution in [-0.2, 0) is 0 Å². The molecule has 1 N–H and O–H groups in total. The minimum atomic E-state index is 1.20. The van der Waals surface area contributed by atoms with Crippen molar-refractivity contribution in [2.24, 2.45) is 0 Å². The summed E-state index contributed by atoms with van der Waals surface area (Å²) in [6.45, 7) is 0. The molecule has 2 aromatic rings. The topological polar surface area (TPSA) is 33.1 Å². The van der Waals surface area contributed by atoms with Crippen molar-refractivity contribution in [3.8, 4) is 0 Å². The van der Waals surface area contributed by atoms with E-state index in [1.807, 2.05) is 30.6 Å². The van der Waals surface area contributed by atoms with Crippen molar-refractivity contribution >= 4 is 22.6 Å². The SMILES string of the molecule is OCl.c1ccc2cnccc2c1. The normalized spacial score (nSPS) is 8.83. The van der Waals surface area contributed by atoms with Gasteiger partial charge in [0.25, 0.3) is 0 Å². The number of nitrogens with zero attached hydrogens (tertiary/aromatic N) is 1. The lowest BCUT2D eigenvalue weighted by Crippen LogP contribution is -1.71. The summed E-state index contributed by atoms with van der Waals surface area (Å²) in [5, 5.41) is 2.45. The number of benzene rings is 1. The molecule has 0 aliphatic heterocycles. The van der Waals surface area contributed by atoms with E-state index in [1.165, 1.54) is 10.8 Å². The fourth-order valence-corrected chi connectivity index (χ4v) is 1.03. The van der Waals surface area contributed by atoms with Crippen molar-refractivity contribution in [2.45, 2.75) is 0 Å². The van der Waals surface area contributed by atoms with Crippen LogP contribution in [-0.4, -0.2) is 9.64 Å². The van der Waals surface area contributed by atoms with Crippen LogP contribution in [0.2, 0.25) is 0 Å². The number of rotatable bonds is 0. The van der Waals surface area contributed by atoms with Crippen LogP contribution in [0, 0.1) is 0 Å². The summed E-state index contributed by atoms with van der Waals surface area (Å²) >= 11 is 3.64. The molecule has 0 spiro atoms. The first-order valence-corrected chi connectivity index (χ1v) is 3.76. The lowest BCUT2D eigenvalue weighted by Gasteiger charge is -1.91. The molecule has 3 heteroatoms. The number of hydrogen-bond donors (Lipinski definition) is 1. The fourth-order valence-electron chi connectivity index (χ4n) is 1.03. The monoisotopic (exact) mass is 181 g/mol. The summed E-state index contributed by atoms with van der Waals surface area (Å²) < 4.78 is 6.47. The van der Waals surface area contributed by atoms with Gasteiger partial charge in [-0.05, 0) is 16.8 Å². The number of halogens is 1. The molecule has 12 heavy (non-hydrogen) atoms. The molecule has 62 valence electrons. The van der Waals surface area contributed by atoms with Gasteiger partial charge in [0.2, 0.25) is 0 Å². The Bertz CT molecular complexity index is 286. The van der Waals surface area contributed by atoms with Crippen molar-refractivity contribution in [3.05, 3.63) is 42.7 Å². The summed E-state index contributed by atoms with van der Waals surface area (Å²) in [5.74, 6) is 0. The zero-order valence-electron chi connectivity index (χ0n) is 6.31. The molecule has 0 saturated heterocycles. The predicted molar refractivity (Wildman–Crippen MR) is 49.8 cm³/mol. The third kappa shape index (κ3) is 1.94. The van der Waals surface area contributed by atoms with Crippen LogP contribution in [0.25, 0.3) is 10.8 Å². The van der Waals surface area contributed by atoms with E-state index in [-0.39, 0.29) is 0 Å². The second kappa shape index (κ2) is 4.70. The van der Waals surface area contributed by atoms with Crippen molar-refractivity contribution < 1.29 is 4.66 Å². The van der Waals surface area contributed by atoms with Crippen molar-refractivity contribution in [3.63, 3.8) is 0 Å². The van der Waals surface area contributed by atoms with Crippen LogP contribution < -0.4 is 0 Å². The van der Waals surface area contributed by atoms with E-state index < -0.39 is 0 Å². The van der Waals surface area contributed by atoms with E-state index >= 15 is 0 Å². The maximum absolute atomic E-state index is 6.47. The van der Waals surface area contributed by atoms with E-state index in [4.69, 9.17) is 4.66 Å². The Balaban J connectivity index is 0.000000336. The minimum absolute atomic E-state index is 1.20. The summed E-state index contributed by atoms with van der Waals surface area (Å²) in [6.07, 6.45) is 3.68. The highest BCUT2D eigenvalue weighted by Gasteiger charge is 1.86. The molecule has 0 fully saturated rings. The van der Waals surface area contributed by atoms with Crippen LogP contribution in [0.5, 0.6) is 0 Å². The van der Waals surface area contributed by atoms with E-state index in [9.17, 15) is 0 Å². The predicted octanol–water partition coefficient (Wildman–Crippen LogP) is 2.37. The molecule has 2 nitrogen and oxygen atoms in total. The van der Waals surface area contributed by atoms with Gasteiger partial charge in [0.1, 0.15) is 0 Å². The van der Waals surface area contributed by atoms with Gasteiger partial charge in [-0.1, -0.05) is 24.3 Å². The van der Waals surface area contributed by atoms with Gasteiger partial charge < -0.3 is 0 Å². The van der Waals surface area contributed by atoms with Crippen molar-refractivity contribution in [2.75, 3.05) is 0 Å². The molecule has 0 saturated carbocycles. The Hall–Kier alpha value is -1.12. The van der Waals surface area contributed by atoms with Gasteiger partial charge in [-0.15, -0.1) is 0 Å². The van der Waals surface area contributed by atoms with E-state index in [2.05, 4.69) is 29.0 Å². The highest BCUT2D eigenvalue weighted by molar-refractivity contribution is 6.04. The highest BCUT2D eigenvalue weighted by Crippen LogP contribution is 2.09. The lowest BCUT2D eigenvalue weighted by molar-refractivity contribution is 0.632. The number of fused-ring (bicyclic) bond motifs is 1. The first kappa shape index (κ1) is 8.97. The van der Waals surface area contributed by atoms with Gasteiger partial charge >= 0.3 is 0 Å². The molecule has 1 heterocycles. The first-order valence-electron chi connectivity index (χ1n) is 3.42. The van der Waals surface area contributed by atoms with Crippen LogP contribution in [0.15, 0.2) is 42.7 Å². The molecule has 2 rings (SSSR count). The third-order valence-electron chi connectivity index (χ3n) is 1.55. The Morgan fingerprint density at radius 3 is 2.33 bits per heavy atom. The second-order valence-corrected chi connectivity index (χ2v) is 2.22. The second-order valence-electron chi connectivity index (χ2n) is 2.22. The van der Waals surface area contributed by atoms with E-state index in [0.717, 1.165) is 0 Å². The summed E-state index contributed by atoms with van der Waals surface area (Å²) in [4.78, 5) is 4.01. The fraction of sp³-hybridized carbons (Fsp3) is 0. The lowest BCUT2D eigenvalue weighted by atomic mass is 10.2. The van der Waals surface area contributed by atoms with Crippen molar-refractivity contribution in [1.29, 1.82) is 0 Å². The Labute approximate surface area is 75.6 Å². The standard InChI is InChI=1S/C9H7N.ClHO/c1-2-4-9-7-10-6-5-8(9)3-1;1-2/h1-7H;2H. The molecule has 0 atom stereocenters. The molecular weight excluding hydrogens is 174 g/mol. The number of aromatic nitrogens is 1. The van der Waals surface area contributed by atoms with Gasteiger partial charge in [0, 0.05) is 12.4 Å². The molecule has 0 amide bonds. The summed E-state index contributed by atoms with van der Waals surface area (Å²) in [6, 6.07) is 10.2. The van der Waals surface area contributed by atoms with Crippen molar-refractivity contribution in [1.82, 2.24) is 4.98 Å². The molecule has 0 unspecified atom stereocenters. The van der Waals surface area contributed by atoms with Gasteiger partial charge in [-0.25, -0.2) is 0 Å². The zero-order chi connectivity index (χ0) is 8.81. The molecule has 0 aliphatic carbocycles. The van der Waals surface area contributed by atoms with Crippen LogP contribution in [0.3, 0.4) is 0 Å². The third-order valence-corrected chi connectivity index (χ3v) is 1.55. The Kier molecular flexibility index (Phi) is 3.51. The van der Waals surface area contributed by atoms with Gasteiger partial charge in [0.15, 0.2) is 0 Å². The van der Waals surface area contributed by atoms with Crippen LogP contribution >= 0.6 is 11.9 Å². The molecule has 0 aliphatic rings. The first-order chi connectivity index (χ1) is 5.97. The molecule has 0 radical (unpaired) electrons. The summed E-state index contributed by atoms with van der Waals surface area (Å²) in [5.41, 5.74) is 0. The quantitative estimate of drug-likeness (QED) is 0.677. The van der Waals surface area contributed by atoms with Gasteiger partial charge in [-0.2, -0.15) is 0 Å². The van der Waals surface area contributed by atoms with Gasteiger partial charge in [-0.3, -0.25) is 9.64 Å². The molecule has 1 aromatic heterocycles. The average Bonchev–Trinajstić information content (AvgIpc) is 2.21. The Morgan fingerprint density at radius 1 is 1.00 bits per heavy atom. The average molecular weight is 182 g/mol. The highest BCUT2D eigenvalue weighted by atomic mass is 35.5. The van der Waals surface area contributed by atoms with E-state index in [1.54, 1.807) is 0 Å². The molecular formula is C9H8ClNO. The summed E-state index contributed by atoms with van der Waals surface area (Å²) in [7, 11) is 0. The van der Waals surface area contributed by atoms with E-state index in [0.29, 0.717) is 0 Å². The Morgan fingerprint density at radius 2 is 1.67 bits per heavy atom. The minimum Gasteiger partial charge on any atom is -0.295 e. The smallest absolute Gasteiger partial charge is 0.0579 e. The van der Waals surface area contributed by atoms with Crippen LogP contribution in [0.4, 0.5) is 0 Å². The molecule has 0 bridgehead atoms. The number of pyridine rings is 1. The van der Waals surface area contributed by atoms with Gasteiger partial charge in [0.05, 0.1) is 11.9 Å².